The monoisotopic (exact) mass is 289 g/mol. The highest BCUT2D eigenvalue weighted by Crippen LogP contribution is 2.32. The number of amides is 1. The van der Waals surface area contributed by atoms with Crippen molar-refractivity contribution in [3.63, 3.8) is 0 Å². The summed E-state index contributed by atoms with van der Waals surface area (Å²) in [6, 6.07) is -0.839. The standard InChI is InChI=1S/C13H15N5O3/c1-2-9-8(5-14-13-15-6-16-18(9)13)11(19)17-10(12(20)21)7-3-4-7/h5-7,10H,2-4H2,1H3,(H,17,19)(H,20,21). The third-order valence-corrected chi connectivity index (χ3v) is 3.63. The zero-order valence-corrected chi connectivity index (χ0v) is 11.5. The number of fused-ring (bicyclic) bond motifs is 1. The highest BCUT2D eigenvalue weighted by Gasteiger charge is 2.37. The second-order valence-electron chi connectivity index (χ2n) is 5.07. The van der Waals surface area contributed by atoms with Crippen LogP contribution in [0.2, 0.25) is 0 Å². The second kappa shape index (κ2) is 5.12. The fourth-order valence-electron chi connectivity index (χ4n) is 2.38. The molecule has 1 aliphatic carbocycles. The maximum atomic E-state index is 12.4. The average molecular weight is 289 g/mol. The Hall–Kier alpha value is -2.51. The number of hydrogen-bond acceptors (Lipinski definition) is 5. The minimum Gasteiger partial charge on any atom is -0.480 e. The van der Waals surface area contributed by atoms with Gasteiger partial charge in [-0.15, -0.1) is 0 Å². The highest BCUT2D eigenvalue weighted by atomic mass is 16.4. The first kappa shape index (κ1) is 13.5. The molecule has 1 saturated carbocycles. The van der Waals surface area contributed by atoms with E-state index in [9.17, 15) is 14.7 Å². The molecule has 8 nitrogen and oxygen atoms in total. The number of carbonyl (C=O) groups excluding carboxylic acids is 1. The summed E-state index contributed by atoms with van der Waals surface area (Å²) >= 11 is 0. The van der Waals surface area contributed by atoms with Gasteiger partial charge >= 0.3 is 5.97 Å². The summed E-state index contributed by atoms with van der Waals surface area (Å²) < 4.78 is 1.50. The minimum atomic E-state index is -1.00. The molecule has 2 heterocycles. The number of aromatic nitrogens is 4. The molecule has 1 atom stereocenters. The number of rotatable bonds is 5. The molecule has 2 aromatic rings. The number of nitrogens with zero attached hydrogens (tertiary/aromatic N) is 4. The predicted molar refractivity (Wildman–Crippen MR) is 71.8 cm³/mol. The Labute approximate surface area is 120 Å². The van der Waals surface area contributed by atoms with E-state index in [4.69, 9.17) is 0 Å². The van der Waals surface area contributed by atoms with Crippen LogP contribution in [-0.2, 0) is 11.2 Å². The summed E-state index contributed by atoms with van der Waals surface area (Å²) in [4.78, 5) is 31.6. The van der Waals surface area contributed by atoms with Gasteiger partial charge in [0.25, 0.3) is 11.7 Å². The van der Waals surface area contributed by atoms with Crippen molar-refractivity contribution in [2.24, 2.45) is 5.92 Å². The molecule has 1 fully saturated rings. The van der Waals surface area contributed by atoms with Gasteiger partial charge in [0.15, 0.2) is 0 Å². The van der Waals surface area contributed by atoms with Gasteiger partial charge in [0.1, 0.15) is 12.4 Å². The van der Waals surface area contributed by atoms with E-state index < -0.39 is 17.9 Å². The molecule has 2 N–H and O–H groups in total. The van der Waals surface area contributed by atoms with E-state index in [1.807, 2.05) is 6.92 Å². The SMILES string of the molecule is CCc1c(C(=O)NC(C(=O)O)C2CC2)cnc2ncnn12. The van der Waals surface area contributed by atoms with Gasteiger partial charge in [-0.2, -0.15) is 10.1 Å². The second-order valence-corrected chi connectivity index (χ2v) is 5.07. The largest absolute Gasteiger partial charge is 0.480 e. The van der Waals surface area contributed by atoms with Crippen LogP contribution in [0.25, 0.3) is 5.78 Å². The van der Waals surface area contributed by atoms with Gasteiger partial charge in [-0.1, -0.05) is 6.92 Å². The van der Waals surface area contributed by atoms with E-state index in [0.29, 0.717) is 23.5 Å². The molecule has 0 radical (unpaired) electrons. The van der Waals surface area contributed by atoms with Crippen molar-refractivity contribution in [1.29, 1.82) is 0 Å². The van der Waals surface area contributed by atoms with Crippen LogP contribution in [0.1, 0.15) is 35.8 Å². The van der Waals surface area contributed by atoms with Gasteiger partial charge in [-0.3, -0.25) is 4.79 Å². The zero-order chi connectivity index (χ0) is 15.0. The van der Waals surface area contributed by atoms with Crippen LogP contribution in [0, 0.1) is 5.92 Å². The summed E-state index contributed by atoms with van der Waals surface area (Å²) in [7, 11) is 0. The lowest BCUT2D eigenvalue weighted by atomic mass is 10.1. The number of nitrogens with one attached hydrogen (secondary N) is 1. The number of aryl methyl sites for hydroxylation is 1. The van der Waals surface area contributed by atoms with E-state index in [2.05, 4.69) is 20.4 Å². The van der Waals surface area contributed by atoms with Crippen LogP contribution >= 0.6 is 0 Å². The van der Waals surface area contributed by atoms with Crippen LogP contribution in [0.4, 0.5) is 0 Å². The van der Waals surface area contributed by atoms with Crippen molar-refractivity contribution in [1.82, 2.24) is 24.9 Å². The first-order valence-corrected chi connectivity index (χ1v) is 6.83. The molecular weight excluding hydrogens is 274 g/mol. The Morgan fingerprint density at radius 2 is 2.24 bits per heavy atom. The Kier molecular flexibility index (Phi) is 3.28. The fraction of sp³-hybridized carbons (Fsp3) is 0.462. The normalized spacial score (nSPS) is 15.9. The van der Waals surface area contributed by atoms with Crippen LogP contribution in [0.3, 0.4) is 0 Å². The van der Waals surface area contributed by atoms with Gasteiger partial charge in [0.2, 0.25) is 0 Å². The van der Waals surface area contributed by atoms with Gasteiger partial charge in [0, 0.05) is 6.20 Å². The van der Waals surface area contributed by atoms with Crippen LogP contribution < -0.4 is 5.32 Å². The van der Waals surface area contributed by atoms with Gasteiger partial charge in [0.05, 0.1) is 11.3 Å². The Balaban J connectivity index is 1.91. The predicted octanol–water partition coefficient (Wildman–Crippen LogP) is 0.280. The zero-order valence-electron chi connectivity index (χ0n) is 11.5. The van der Waals surface area contributed by atoms with Gasteiger partial charge < -0.3 is 10.4 Å². The Morgan fingerprint density at radius 3 is 2.86 bits per heavy atom. The molecule has 21 heavy (non-hydrogen) atoms. The summed E-state index contributed by atoms with van der Waals surface area (Å²) in [6.45, 7) is 1.89. The summed E-state index contributed by atoms with van der Waals surface area (Å²) in [5.74, 6) is -0.991. The lowest BCUT2D eigenvalue weighted by molar-refractivity contribution is -0.139. The molecule has 8 heteroatoms. The number of carbonyl (C=O) groups is 2. The topological polar surface area (TPSA) is 109 Å². The van der Waals surface area contributed by atoms with Crippen molar-refractivity contribution in [3.8, 4) is 0 Å². The van der Waals surface area contributed by atoms with E-state index >= 15 is 0 Å². The Bertz CT molecular complexity index is 707. The molecule has 0 saturated heterocycles. The molecule has 1 unspecified atom stereocenters. The molecule has 1 amide bonds. The molecular formula is C13H15N5O3. The third kappa shape index (κ3) is 2.44. The molecule has 0 aliphatic heterocycles. The van der Waals surface area contributed by atoms with Crippen molar-refractivity contribution < 1.29 is 14.7 Å². The Morgan fingerprint density at radius 1 is 1.48 bits per heavy atom. The first-order valence-electron chi connectivity index (χ1n) is 6.83. The third-order valence-electron chi connectivity index (χ3n) is 3.63. The van der Waals surface area contributed by atoms with Crippen LogP contribution in [0.15, 0.2) is 12.5 Å². The number of carboxylic acid groups (broad SMARTS) is 1. The van der Waals surface area contributed by atoms with Crippen LogP contribution in [-0.4, -0.2) is 42.6 Å². The molecule has 110 valence electrons. The smallest absolute Gasteiger partial charge is 0.326 e. The van der Waals surface area contributed by atoms with Gasteiger partial charge in [-0.05, 0) is 25.2 Å². The molecule has 1 aliphatic rings. The molecule has 2 aromatic heterocycles. The number of carboxylic acids is 1. The van der Waals surface area contributed by atoms with Crippen LogP contribution in [0.5, 0.6) is 0 Å². The maximum absolute atomic E-state index is 12.4. The summed E-state index contributed by atoms with van der Waals surface area (Å²) in [5.41, 5.74) is 0.998. The first-order chi connectivity index (χ1) is 10.1. The molecule has 0 aromatic carbocycles. The summed E-state index contributed by atoms with van der Waals surface area (Å²) in [6.07, 6.45) is 5.01. The molecule has 0 bridgehead atoms. The molecule has 3 rings (SSSR count). The molecule has 0 spiro atoms. The van der Waals surface area contributed by atoms with Gasteiger partial charge in [-0.25, -0.2) is 14.3 Å². The van der Waals surface area contributed by atoms with Crippen molar-refractivity contribution in [2.75, 3.05) is 0 Å². The fourth-order valence-corrected chi connectivity index (χ4v) is 2.38. The maximum Gasteiger partial charge on any atom is 0.326 e. The number of hydrogen-bond donors (Lipinski definition) is 2. The summed E-state index contributed by atoms with van der Waals surface area (Å²) in [5, 5.41) is 15.8. The van der Waals surface area contributed by atoms with E-state index in [1.54, 1.807) is 0 Å². The van der Waals surface area contributed by atoms with E-state index in [0.717, 1.165) is 12.8 Å². The lowest BCUT2D eigenvalue weighted by Crippen LogP contribution is -2.42. The van der Waals surface area contributed by atoms with Crippen molar-refractivity contribution >= 4 is 17.7 Å². The average Bonchev–Trinajstić information content (AvgIpc) is 3.19. The minimum absolute atomic E-state index is 0.0274. The van der Waals surface area contributed by atoms with Crippen molar-refractivity contribution in [2.45, 2.75) is 32.2 Å². The number of aliphatic carboxylic acids is 1. The van der Waals surface area contributed by atoms with E-state index in [-0.39, 0.29) is 5.92 Å². The lowest BCUT2D eigenvalue weighted by Gasteiger charge is -2.15. The highest BCUT2D eigenvalue weighted by molar-refractivity contribution is 5.97. The quantitative estimate of drug-likeness (QED) is 0.818. The van der Waals surface area contributed by atoms with E-state index in [1.165, 1.54) is 17.0 Å². The van der Waals surface area contributed by atoms with Crippen molar-refractivity contribution in [3.05, 3.63) is 23.8 Å².